The molecule has 0 aliphatic heterocycles. The van der Waals surface area contributed by atoms with Gasteiger partial charge >= 0.3 is 5.97 Å². The molecular formula is C14H14N2O3. The van der Waals surface area contributed by atoms with Crippen LogP contribution in [0.5, 0.6) is 0 Å². The zero-order valence-electron chi connectivity index (χ0n) is 10.7. The highest BCUT2D eigenvalue weighted by Crippen LogP contribution is 2.26. The van der Waals surface area contributed by atoms with Crippen LogP contribution in [0.2, 0.25) is 0 Å². The molecule has 1 heterocycles. The Kier molecular flexibility index (Phi) is 3.12. The molecule has 0 bridgehead atoms. The van der Waals surface area contributed by atoms with Gasteiger partial charge in [-0.15, -0.1) is 0 Å². The van der Waals surface area contributed by atoms with Crippen molar-refractivity contribution in [3.8, 4) is 11.1 Å². The number of benzene rings is 1. The molecule has 98 valence electrons. The van der Waals surface area contributed by atoms with E-state index >= 15 is 0 Å². The average Bonchev–Trinajstić information content (AvgIpc) is 2.35. The lowest BCUT2D eigenvalue weighted by atomic mass is 9.97. The van der Waals surface area contributed by atoms with E-state index in [-0.39, 0.29) is 11.4 Å². The summed E-state index contributed by atoms with van der Waals surface area (Å²) in [5, 5.41) is 9.26. The van der Waals surface area contributed by atoms with E-state index in [2.05, 4.69) is 0 Å². The third kappa shape index (κ3) is 2.10. The van der Waals surface area contributed by atoms with E-state index in [1.807, 2.05) is 19.1 Å². The maximum absolute atomic E-state index is 12.0. The number of carbonyl (C=O) groups is 1. The SMILES string of the molecule is Cc1ccccc1-c1cc(N)n(C)c(=O)c1C(=O)O. The number of nitrogens with zero attached hydrogens (tertiary/aromatic N) is 1. The number of anilines is 1. The Morgan fingerprint density at radius 3 is 2.47 bits per heavy atom. The van der Waals surface area contributed by atoms with E-state index in [0.717, 1.165) is 10.1 Å². The van der Waals surface area contributed by atoms with Gasteiger partial charge < -0.3 is 10.8 Å². The van der Waals surface area contributed by atoms with Crippen LogP contribution >= 0.6 is 0 Å². The minimum absolute atomic E-state index is 0.230. The monoisotopic (exact) mass is 258 g/mol. The number of aromatic nitrogens is 1. The van der Waals surface area contributed by atoms with E-state index in [9.17, 15) is 14.7 Å². The molecule has 19 heavy (non-hydrogen) atoms. The van der Waals surface area contributed by atoms with Gasteiger partial charge in [-0.05, 0) is 24.1 Å². The van der Waals surface area contributed by atoms with Crippen molar-refractivity contribution in [2.75, 3.05) is 5.73 Å². The molecule has 0 aliphatic rings. The Labute approximate surface area is 109 Å². The van der Waals surface area contributed by atoms with Crippen LogP contribution in [0.15, 0.2) is 35.1 Å². The molecule has 0 fully saturated rings. The van der Waals surface area contributed by atoms with Crippen molar-refractivity contribution in [2.24, 2.45) is 7.05 Å². The van der Waals surface area contributed by atoms with Gasteiger partial charge in [-0.1, -0.05) is 24.3 Å². The first kappa shape index (κ1) is 12.9. The van der Waals surface area contributed by atoms with Crippen molar-refractivity contribution in [2.45, 2.75) is 6.92 Å². The summed E-state index contributed by atoms with van der Waals surface area (Å²) in [6.45, 7) is 1.86. The van der Waals surface area contributed by atoms with Crippen LogP contribution < -0.4 is 11.3 Å². The van der Waals surface area contributed by atoms with Gasteiger partial charge in [0.2, 0.25) is 0 Å². The molecule has 0 saturated carbocycles. The number of pyridine rings is 1. The molecule has 0 amide bonds. The number of nitrogen functional groups attached to an aromatic ring is 1. The Balaban J connectivity index is 2.88. The minimum atomic E-state index is -1.25. The van der Waals surface area contributed by atoms with Gasteiger partial charge in [0.15, 0.2) is 0 Å². The summed E-state index contributed by atoms with van der Waals surface area (Å²) in [4.78, 5) is 23.4. The number of aryl methyl sites for hydroxylation is 1. The van der Waals surface area contributed by atoms with E-state index in [1.165, 1.54) is 13.1 Å². The zero-order chi connectivity index (χ0) is 14.2. The Morgan fingerprint density at radius 1 is 1.26 bits per heavy atom. The maximum Gasteiger partial charge on any atom is 0.341 e. The summed E-state index contributed by atoms with van der Waals surface area (Å²) >= 11 is 0. The van der Waals surface area contributed by atoms with E-state index in [4.69, 9.17) is 5.73 Å². The number of rotatable bonds is 2. The predicted molar refractivity (Wildman–Crippen MR) is 73.2 cm³/mol. The highest BCUT2D eigenvalue weighted by Gasteiger charge is 2.19. The molecule has 2 aromatic rings. The lowest BCUT2D eigenvalue weighted by molar-refractivity contribution is 0.0695. The fraction of sp³-hybridized carbons (Fsp3) is 0.143. The van der Waals surface area contributed by atoms with E-state index in [1.54, 1.807) is 12.1 Å². The van der Waals surface area contributed by atoms with Gasteiger partial charge in [-0.25, -0.2) is 4.79 Å². The van der Waals surface area contributed by atoms with Gasteiger partial charge in [-0.3, -0.25) is 9.36 Å². The van der Waals surface area contributed by atoms with Crippen molar-refractivity contribution in [1.82, 2.24) is 4.57 Å². The second-order valence-electron chi connectivity index (χ2n) is 4.34. The molecular weight excluding hydrogens is 244 g/mol. The maximum atomic E-state index is 12.0. The van der Waals surface area contributed by atoms with Crippen molar-refractivity contribution in [3.63, 3.8) is 0 Å². The summed E-state index contributed by atoms with van der Waals surface area (Å²) in [5.74, 6) is -1.02. The highest BCUT2D eigenvalue weighted by atomic mass is 16.4. The second kappa shape index (κ2) is 4.61. The van der Waals surface area contributed by atoms with Gasteiger partial charge in [0, 0.05) is 12.6 Å². The first-order valence-electron chi connectivity index (χ1n) is 5.72. The lowest BCUT2D eigenvalue weighted by Crippen LogP contribution is -2.27. The van der Waals surface area contributed by atoms with Crippen LogP contribution in [-0.4, -0.2) is 15.6 Å². The first-order valence-corrected chi connectivity index (χ1v) is 5.72. The molecule has 0 radical (unpaired) electrons. The third-order valence-electron chi connectivity index (χ3n) is 3.12. The van der Waals surface area contributed by atoms with Gasteiger partial charge in [0.1, 0.15) is 11.4 Å². The first-order chi connectivity index (χ1) is 8.93. The lowest BCUT2D eigenvalue weighted by Gasteiger charge is -2.12. The van der Waals surface area contributed by atoms with Gasteiger partial charge in [0.25, 0.3) is 5.56 Å². The van der Waals surface area contributed by atoms with Crippen LogP contribution in [0.1, 0.15) is 15.9 Å². The van der Waals surface area contributed by atoms with E-state index < -0.39 is 11.5 Å². The van der Waals surface area contributed by atoms with Crippen molar-refractivity contribution in [3.05, 3.63) is 51.8 Å². The molecule has 5 heteroatoms. The Morgan fingerprint density at radius 2 is 1.89 bits per heavy atom. The molecule has 1 aromatic carbocycles. The Bertz CT molecular complexity index is 717. The standard InChI is InChI=1S/C14H14N2O3/c1-8-5-3-4-6-9(8)10-7-11(15)16(2)13(17)12(10)14(18)19/h3-7H,15H2,1-2H3,(H,18,19). The zero-order valence-corrected chi connectivity index (χ0v) is 10.7. The number of nitrogens with two attached hydrogens (primary N) is 1. The second-order valence-corrected chi connectivity index (χ2v) is 4.34. The fourth-order valence-corrected chi connectivity index (χ4v) is 2.01. The number of hydrogen-bond acceptors (Lipinski definition) is 3. The van der Waals surface area contributed by atoms with Crippen LogP contribution in [-0.2, 0) is 7.05 Å². The average molecular weight is 258 g/mol. The highest BCUT2D eigenvalue weighted by molar-refractivity contribution is 5.96. The van der Waals surface area contributed by atoms with Gasteiger partial charge in [-0.2, -0.15) is 0 Å². The van der Waals surface area contributed by atoms with Crippen molar-refractivity contribution >= 4 is 11.8 Å². The van der Waals surface area contributed by atoms with Crippen LogP contribution in [0.3, 0.4) is 0 Å². The third-order valence-corrected chi connectivity index (χ3v) is 3.12. The smallest absolute Gasteiger partial charge is 0.341 e. The molecule has 2 rings (SSSR count). The topological polar surface area (TPSA) is 85.3 Å². The molecule has 5 nitrogen and oxygen atoms in total. The number of carboxylic acid groups (broad SMARTS) is 1. The summed E-state index contributed by atoms with van der Waals surface area (Å²) < 4.78 is 1.13. The van der Waals surface area contributed by atoms with Crippen molar-refractivity contribution < 1.29 is 9.90 Å². The molecule has 0 unspecified atom stereocenters. The number of carboxylic acids is 1. The van der Waals surface area contributed by atoms with Crippen LogP contribution in [0, 0.1) is 6.92 Å². The molecule has 0 atom stereocenters. The summed E-state index contributed by atoms with van der Waals surface area (Å²) in [6, 6.07) is 8.79. The van der Waals surface area contributed by atoms with E-state index in [0.29, 0.717) is 11.1 Å². The molecule has 0 saturated heterocycles. The number of hydrogen-bond donors (Lipinski definition) is 2. The quantitative estimate of drug-likeness (QED) is 0.857. The Hall–Kier alpha value is -2.56. The summed E-state index contributed by atoms with van der Waals surface area (Å²) in [5.41, 5.74) is 6.82. The van der Waals surface area contributed by atoms with Crippen LogP contribution in [0.4, 0.5) is 5.82 Å². The number of aromatic carboxylic acids is 1. The molecule has 0 aliphatic carbocycles. The van der Waals surface area contributed by atoms with Crippen molar-refractivity contribution in [1.29, 1.82) is 0 Å². The van der Waals surface area contributed by atoms with Gasteiger partial charge in [0.05, 0.1) is 0 Å². The fourth-order valence-electron chi connectivity index (χ4n) is 2.01. The molecule has 0 spiro atoms. The molecule has 1 aromatic heterocycles. The molecule has 3 N–H and O–H groups in total. The minimum Gasteiger partial charge on any atom is -0.477 e. The summed E-state index contributed by atoms with van der Waals surface area (Å²) in [6.07, 6.45) is 0. The predicted octanol–water partition coefficient (Wildman–Crippen LogP) is 1.64. The summed E-state index contributed by atoms with van der Waals surface area (Å²) in [7, 11) is 1.45. The normalized spacial score (nSPS) is 10.4. The van der Waals surface area contributed by atoms with Crippen LogP contribution in [0.25, 0.3) is 11.1 Å². The largest absolute Gasteiger partial charge is 0.477 e.